The van der Waals surface area contributed by atoms with Gasteiger partial charge in [0.25, 0.3) is 0 Å². The monoisotopic (exact) mass is 456 g/mol. The number of hydrogen-bond acceptors (Lipinski definition) is 2. The second-order valence-electron chi connectivity index (χ2n) is 9.31. The van der Waals surface area contributed by atoms with Gasteiger partial charge in [-0.2, -0.15) is 0 Å². The van der Waals surface area contributed by atoms with Crippen LogP contribution in [-0.4, -0.2) is 40.5 Å². The molecule has 1 N–H and O–H groups in total. The van der Waals surface area contributed by atoms with Gasteiger partial charge in [0.2, 0.25) is 5.91 Å². The molecular formula is C28H32N4O2. The van der Waals surface area contributed by atoms with Crippen molar-refractivity contribution in [2.75, 3.05) is 18.0 Å². The normalized spacial score (nSPS) is 16.5. The fraction of sp³-hybridized carbons (Fsp3) is 0.357. The molecule has 6 heteroatoms. The van der Waals surface area contributed by atoms with E-state index in [1.165, 1.54) is 5.56 Å². The zero-order chi connectivity index (χ0) is 23.7. The maximum atomic E-state index is 14.0. The van der Waals surface area contributed by atoms with E-state index in [1.807, 2.05) is 35.2 Å². The molecule has 0 radical (unpaired) electrons. The fourth-order valence-electron chi connectivity index (χ4n) is 4.77. The predicted octanol–water partition coefficient (Wildman–Crippen LogP) is 5.20. The van der Waals surface area contributed by atoms with Crippen LogP contribution in [0.2, 0.25) is 0 Å². The molecule has 1 atom stereocenters. The van der Waals surface area contributed by atoms with Crippen LogP contribution >= 0.6 is 0 Å². The molecule has 1 saturated carbocycles. The smallest absolute Gasteiger partial charge is 0.318 e. The van der Waals surface area contributed by atoms with Crippen LogP contribution in [0.15, 0.2) is 66.9 Å². The summed E-state index contributed by atoms with van der Waals surface area (Å²) in [6.07, 6.45) is 5.91. The molecule has 6 nitrogen and oxygen atoms in total. The second-order valence-corrected chi connectivity index (χ2v) is 9.31. The van der Waals surface area contributed by atoms with Crippen molar-refractivity contribution < 1.29 is 9.59 Å². The van der Waals surface area contributed by atoms with Crippen molar-refractivity contribution >= 4 is 17.6 Å². The summed E-state index contributed by atoms with van der Waals surface area (Å²) in [6.45, 7) is 4.87. The van der Waals surface area contributed by atoms with E-state index >= 15 is 0 Å². The van der Waals surface area contributed by atoms with E-state index in [-0.39, 0.29) is 30.6 Å². The number of unbranched alkanes of at least 4 members (excludes halogenated alkanes) is 1. The Morgan fingerprint density at radius 2 is 1.74 bits per heavy atom. The van der Waals surface area contributed by atoms with Crippen LogP contribution in [0, 0.1) is 6.92 Å². The van der Waals surface area contributed by atoms with Crippen LogP contribution in [0.5, 0.6) is 0 Å². The van der Waals surface area contributed by atoms with Gasteiger partial charge in [0.15, 0.2) is 0 Å². The summed E-state index contributed by atoms with van der Waals surface area (Å²) >= 11 is 0. The first-order chi connectivity index (χ1) is 16.6. The summed E-state index contributed by atoms with van der Waals surface area (Å²) in [5.74, 6) is -0.0667. The number of carbonyl (C=O) groups excluding carboxylic acids is 2. The molecule has 176 valence electrons. The molecule has 1 unspecified atom stereocenters. The maximum absolute atomic E-state index is 14.0. The van der Waals surface area contributed by atoms with E-state index in [0.29, 0.717) is 6.54 Å². The molecule has 2 heterocycles. The van der Waals surface area contributed by atoms with Crippen molar-refractivity contribution in [3.8, 4) is 5.69 Å². The Morgan fingerprint density at radius 3 is 2.44 bits per heavy atom. The lowest BCUT2D eigenvalue weighted by atomic mass is 9.97. The summed E-state index contributed by atoms with van der Waals surface area (Å²) in [4.78, 5) is 30.6. The summed E-state index contributed by atoms with van der Waals surface area (Å²) in [6, 6.07) is 20.2. The van der Waals surface area contributed by atoms with Crippen molar-refractivity contribution in [1.82, 2.24) is 14.8 Å². The lowest BCUT2D eigenvalue weighted by Gasteiger charge is -2.39. The van der Waals surface area contributed by atoms with Crippen LogP contribution in [-0.2, 0) is 4.79 Å². The van der Waals surface area contributed by atoms with Crippen molar-refractivity contribution in [2.45, 2.75) is 51.6 Å². The molecule has 34 heavy (non-hydrogen) atoms. The minimum Gasteiger partial charge on any atom is -0.338 e. The third-order valence-corrected chi connectivity index (χ3v) is 6.74. The Labute approximate surface area is 201 Å². The van der Waals surface area contributed by atoms with Gasteiger partial charge in [0.05, 0.1) is 17.1 Å². The lowest BCUT2D eigenvalue weighted by Crippen LogP contribution is -2.50. The van der Waals surface area contributed by atoms with Gasteiger partial charge < -0.3 is 14.8 Å². The number of aryl methyl sites for hydroxylation is 1. The Hall–Kier alpha value is -3.54. The van der Waals surface area contributed by atoms with Gasteiger partial charge in [-0.3, -0.25) is 9.69 Å². The van der Waals surface area contributed by atoms with Gasteiger partial charge in [-0.1, -0.05) is 55.3 Å². The first-order valence-electron chi connectivity index (χ1n) is 12.3. The summed E-state index contributed by atoms with van der Waals surface area (Å²) in [7, 11) is 0. The van der Waals surface area contributed by atoms with E-state index in [9.17, 15) is 9.59 Å². The van der Waals surface area contributed by atoms with Gasteiger partial charge in [0, 0.05) is 18.8 Å². The quantitative estimate of drug-likeness (QED) is 0.497. The molecule has 3 amide bonds. The van der Waals surface area contributed by atoms with Crippen LogP contribution in [0.1, 0.15) is 55.5 Å². The molecule has 0 bridgehead atoms. The predicted molar refractivity (Wildman–Crippen MR) is 134 cm³/mol. The lowest BCUT2D eigenvalue weighted by molar-refractivity contribution is -0.119. The number of urea groups is 1. The zero-order valence-electron chi connectivity index (χ0n) is 19.9. The largest absolute Gasteiger partial charge is 0.338 e. The molecule has 5 rings (SSSR count). The first-order valence-corrected chi connectivity index (χ1v) is 12.3. The van der Waals surface area contributed by atoms with E-state index in [0.717, 1.165) is 48.3 Å². The molecule has 0 saturated heterocycles. The number of fused-ring (bicyclic) bond motifs is 3. The third kappa shape index (κ3) is 4.20. The number of hydrogen-bond donors (Lipinski definition) is 1. The number of rotatable bonds is 7. The summed E-state index contributed by atoms with van der Waals surface area (Å²) in [5.41, 5.74) is 5.12. The number of benzene rings is 2. The highest BCUT2D eigenvalue weighted by atomic mass is 16.2. The molecular weight excluding hydrogens is 424 g/mol. The van der Waals surface area contributed by atoms with Crippen LogP contribution in [0.3, 0.4) is 0 Å². The van der Waals surface area contributed by atoms with E-state index in [4.69, 9.17) is 0 Å². The second kappa shape index (κ2) is 9.37. The van der Waals surface area contributed by atoms with Gasteiger partial charge in [0.1, 0.15) is 12.6 Å². The molecule has 2 aromatic carbocycles. The maximum Gasteiger partial charge on any atom is 0.318 e. The molecule has 3 aromatic rings. The average Bonchev–Trinajstić information content (AvgIpc) is 3.57. The molecule has 1 aliphatic carbocycles. The Morgan fingerprint density at radius 1 is 1.00 bits per heavy atom. The van der Waals surface area contributed by atoms with Gasteiger partial charge in [-0.15, -0.1) is 0 Å². The van der Waals surface area contributed by atoms with Crippen LogP contribution < -0.4 is 10.2 Å². The number of nitrogens with zero attached hydrogens (tertiary/aromatic N) is 3. The minimum atomic E-state index is -0.262. The number of para-hydroxylation sites is 2. The number of amides is 3. The van der Waals surface area contributed by atoms with E-state index in [2.05, 4.69) is 60.3 Å². The Balaban J connectivity index is 1.51. The number of carbonyl (C=O) groups is 2. The third-order valence-electron chi connectivity index (χ3n) is 6.74. The summed E-state index contributed by atoms with van der Waals surface area (Å²) in [5, 5.41) is 3.01. The average molecular weight is 457 g/mol. The van der Waals surface area contributed by atoms with Crippen LogP contribution in [0.25, 0.3) is 5.69 Å². The van der Waals surface area contributed by atoms with Crippen molar-refractivity contribution in [3.63, 3.8) is 0 Å². The minimum absolute atomic E-state index is 0.0667. The zero-order valence-corrected chi connectivity index (χ0v) is 19.9. The molecule has 1 aliphatic heterocycles. The SMILES string of the molecule is CCCCNC(=O)N(CC(=O)N1c2ccccc2-n2cccc2C1c1ccc(C)cc1)C1CC1. The standard InChI is InChI=1S/C28H32N4O2/c1-3-4-17-29-28(34)31(22-15-16-22)19-26(33)32-24-9-6-5-8-23(24)30-18-7-10-25(30)27(32)21-13-11-20(2)12-14-21/h5-14,18,22,27H,3-4,15-17,19H2,1-2H3,(H,29,34). The van der Waals surface area contributed by atoms with Crippen LogP contribution in [0.4, 0.5) is 10.5 Å². The highest BCUT2D eigenvalue weighted by molar-refractivity contribution is 6.00. The van der Waals surface area contributed by atoms with E-state index < -0.39 is 0 Å². The Bertz CT molecular complexity index is 1180. The molecule has 1 fully saturated rings. The molecule has 2 aliphatic rings. The fourth-order valence-corrected chi connectivity index (χ4v) is 4.77. The highest BCUT2D eigenvalue weighted by Gasteiger charge is 2.39. The van der Waals surface area contributed by atoms with Gasteiger partial charge in [-0.25, -0.2) is 4.79 Å². The Kier molecular flexibility index (Phi) is 6.14. The van der Waals surface area contributed by atoms with E-state index in [1.54, 1.807) is 4.90 Å². The van der Waals surface area contributed by atoms with Gasteiger partial charge >= 0.3 is 6.03 Å². The number of anilines is 1. The molecule has 1 aromatic heterocycles. The van der Waals surface area contributed by atoms with Crippen molar-refractivity contribution in [2.24, 2.45) is 0 Å². The van der Waals surface area contributed by atoms with Gasteiger partial charge in [-0.05, 0) is 56.0 Å². The topological polar surface area (TPSA) is 57.6 Å². The van der Waals surface area contributed by atoms with Crippen molar-refractivity contribution in [3.05, 3.63) is 83.7 Å². The number of aromatic nitrogens is 1. The highest BCUT2D eigenvalue weighted by Crippen LogP contribution is 2.42. The van der Waals surface area contributed by atoms with Crippen molar-refractivity contribution in [1.29, 1.82) is 0 Å². The first kappa shape index (κ1) is 22.3. The number of nitrogens with one attached hydrogen (secondary N) is 1. The molecule has 0 spiro atoms. The summed E-state index contributed by atoms with van der Waals surface area (Å²) < 4.78 is 2.17.